The van der Waals surface area contributed by atoms with Crippen LogP contribution in [0.1, 0.15) is 136 Å². The molecule has 1 saturated carbocycles. The number of esters is 2. The van der Waals surface area contributed by atoms with Crippen molar-refractivity contribution in [2.24, 2.45) is 0 Å². The Bertz CT molecular complexity index is 1780. The van der Waals surface area contributed by atoms with Gasteiger partial charge in [0.25, 0.3) is 0 Å². The average molecular weight is 1030 g/mol. The first kappa shape index (κ1) is 64.6. The van der Waals surface area contributed by atoms with Crippen molar-refractivity contribution in [3.63, 3.8) is 0 Å². The second-order valence-electron chi connectivity index (χ2n) is 16.7. The molecule has 5 unspecified atom stereocenters. The lowest BCUT2D eigenvalue weighted by Gasteiger charge is -2.43. The Labute approximate surface area is 415 Å². The fourth-order valence-corrected chi connectivity index (χ4v) is 8.09. The third-order valence-corrected chi connectivity index (χ3v) is 11.9. The molecular weight excluding hydrogens is 946 g/mol. The number of hydrogen-bond acceptors (Lipinski definition) is 14. The van der Waals surface area contributed by atoms with E-state index < -0.39 is 89.6 Å². The van der Waals surface area contributed by atoms with Gasteiger partial charge >= 0.3 is 27.6 Å². The number of ether oxygens (including phenoxy) is 2. The Morgan fingerprint density at radius 3 is 1.56 bits per heavy atom. The summed E-state index contributed by atoms with van der Waals surface area (Å²) >= 11 is 0. The predicted molar refractivity (Wildman–Crippen MR) is 270 cm³/mol. The maximum absolute atomic E-state index is 13.0. The van der Waals surface area contributed by atoms with E-state index in [1.54, 1.807) is 12.2 Å². The lowest BCUT2D eigenvalue weighted by atomic mass is 9.85. The fourth-order valence-electron chi connectivity index (χ4n) is 6.55. The molecule has 398 valence electrons. The molecule has 0 aromatic rings. The molecule has 0 heterocycles. The van der Waals surface area contributed by atoms with Crippen LogP contribution in [0, 0.1) is 0 Å². The molecule has 1 fully saturated rings. The molecule has 0 aromatic carbocycles. The van der Waals surface area contributed by atoms with Gasteiger partial charge in [0, 0.05) is 12.8 Å². The summed E-state index contributed by atoms with van der Waals surface area (Å²) in [7, 11) is -10.8. The molecule has 0 amide bonds. The summed E-state index contributed by atoms with van der Waals surface area (Å²) < 4.78 is 49.2. The van der Waals surface area contributed by atoms with Gasteiger partial charge in [0.05, 0.1) is 12.7 Å². The zero-order valence-electron chi connectivity index (χ0n) is 41.0. The highest BCUT2D eigenvalue weighted by molar-refractivity contribution is 7.47. The topological polar surface area (TPSA) is 276 Å². The molecule has 0 aromatic heterocycles. The number of rotatable bonds is 39. The third-order valence-electron chi connectivity index (χ3n) is 10.4. The maximum atomic E-state index is 13.0. The third kappa shape index (κ3) is 34.1. The number of unbranched alkanes of at least 4 members (excludes halogenated alkanes) is 7. The lowest BCUT2D eigenvalue weighted by Crippen LogP contribution is -2.64. The molecule has 0 aliphatic heterocycles. The summed E-state index contributed by atoms with van der Waals surface area (Å²) in [5.74, 6) is -1.42. The minimum absolute atomic E-state index is 0.0334. The Kier molecular flexibility index (Phi) is 37.1. The van der Waals surface area contributed by atoms with Crippen molar-refractivity contribution in [1.29, 1.82) is 0 Å². The molecule has 1 aliphatic carbocycles. The summed E-state index contributed by atoms with van der Waals surface area (Å²) in [5.41, 5.74) is 0. The molecule has 0 spiro atoms. The van der Waals surface area contributed by atoms with Crippen molar-refractivity contribution >= 4 is 27.6 Å². The maximum Gasteiger partial charge on any atom is 0.472 e. The summed E-state index contributed by atoms with van der Waals surface area (Å²) in [5, 5.41) is 51.3. The van der Waals surface area contributed by atoms with Crippen LogP contribution in [0.2, 0.25) is 0 Å². The average Bonchev–Trinajstić information content (AvgIpc) is 3.31. The molecule has 0 saturated heterocycles. The van der Waals surface area contributed by atoms with Gasteiger partial charge in [-0.15, -0.1) is 0 Å². The second kappa shape index (κ2) is 40.1. The smallest absolute Gasteiger partial charge is 0.462 e. The molecule has 0 bridgehead atoms. The van der Waals surface area contributed by atoms with Crippen LogP contribution < -0.4 is 0 Å². The highest BCUT2D eigenvalue weighted by atomic mass is 31.2. The quantitative estimate of drug-likeness (QED) is 0.00940. The molecule has 8 N–H and O–H groups in total. The Hall–Kier alpha value is -3.38. The minimum atomic E-state index is -5.39. The van der Waals surface area contributed by atoms with Gasteiger partial charge in [0.1, 0.15) is 43.2 Å². The van der Waals surface area contributed by atoms with Gasteiger partial charge in [-0.2, -0.15) is 0 Å². The summed E-state index contributed by atoms with van der Waals surface area (Å²) in [6.07, 6.45) is 35.1. The number of hydrogen-bond donors (Lipinski definition) is 8. The number of phosphoric acid groups is 2. The molecule has 1 aliphatic rings. The van der Waals surface area contributed by atoms with Crippen LogP contribution in [-0.4, -0.2) is 114 Å². The second-order valence-corrected chi connectivity index (χ2v) is 19.3. The zero-order chi connectivity index (χ0) is 51.9. The van der Waals surface area contributed by atoms with Crippen molar-refractivity contribution in [3.8, 4) is 0 Å². The fraction of sp³-hybridized carbons (Fsp3) is 0.608. The van der Waals surface area contributed by atoms with E-state index in [-0.39, 0.29) is 12.8 Å². The highest BCUT2D eigenvalue weighted by Crippen LogP contribution is 2.49. The number of carbonyl (C=O) groups is 2. The zero-order valence-corrected chi connectivity index (χ0v) is 42.8. The van der Waals surface area contributed by atoms with E-state index in [1.807, 2.05) is 54.7 Å². The van der Waals surface area contributed by atoms with E-state index in [9.17, 15) is 58.9 Å². The Balaban J connectivity index is 2.70. The van der Waals surface area contributed by atoms with Crippen molar-refractivity contribution in [1.82, 2.24) is 0 Å². The SMILES string of the molecule is CCCCC/C=C\C/C=C\C/C=C\C/C=C\C/C=C\CCC(=O)OC[C@H](COP(=O)(O)O[C@H]1C(O)C(O)C(O)[C@@H](OP(=O)(O)O)C1O)OC(=O)CCC/C=C\C/C=C\C=C\[C@@H](O)C/C=C\CCCCC. The van der Waals surface area contributed by atoms with Gasteiger partial charge < -0.3 is 49.7 Å². The van der Waals surface area contributed by atoms with Crippen LogP contribution in [0.15, 0.2) is 109 Å². The first-order valence-electron chi connectivity index (χ1n) is 24.5. The predicted octanol–water partition coefficient (Wildman–Crippen LogP) is 8.70. The van der Waals surface area contributed by atoms with E-state index in [0.717, 1.165) is 38.5 Å². The normalized spacial score (nSPS) is 22.4. The largest absolute Gasteiger partial charge is 0.472 e. The molecule has 19 heteroatoms. The molecule has 1 rings (SSSR count). The number of aliphatic hydroxyl groups excluding tert-OH is 5. The minimum Gasteiger partial charge on any atom is -0.462 e. The van der Waals surface area contributed by atoms with Crippen LogP contribution in [-0.2, 0) is 41.8 Å². The van der Waals surface area contributed by atoms with Crippen LogP contribution in [0.25, 0.3) is 0 Å². The van der Waals surface area contributed by atoms with E-state index in [2.05, 4.69) is 60.9 Å². The number of phosphoric ester groups is 2. The van der Waals surface area contributed by atoms with Gasteiger partial charge in [-0.3, -0.25) is 23.2 Å². The molecule has 17 nitrogen and oxygen atoms in total. The highest BCUT2D eigenvalue weighted by Gasteiger charge is 2.54. The van der Waals surface area contributed by atoms with Crippen molar-refractivity contribution in [3.05, 3.63) is 109 Å². The first-order valence-corrected chi connectivity index (χ1v) is 27.6. The van der Waals surface area contributed by atoms with Crippen LogP contribution in [0.4, 0.5) is 0 Å². The molecular formula is C51H82O17P2. The molecule has 0 radical (unpaired) electrons. The van der Waals surface area contributed by atoms with E-state index in [4.69, 9.17) is 18.5 Å². The van der Waals surface area contributed by atoms with Crippen LogP contribution in [0.5, 0.6) is 0 Å². The molecule has 9 atom stereocenters. The van der Waals surface area contributed by atoms with Crippen LogP contribution >= 0.6 is 15.6 Å². The number of allylic oxidation sites excluding steroid dienone is 16. The van der Waals surface area contributed by atoms with Crippen LogP contribution in [0.3, 0.4) is 0 Å². The van der Waals surface area contributed by atoms with Crippen molar-refractivity contribution in [2.45, 2.75) is 185 Å². The lowest BCUT2D eigenvalue weighted by molar-refractivity contribution is -0.216. The van der Waals surface area contributed by atoms with Crippen molar-refractivity contribution in [2.75, 3.05) is 13.2 Å². The monoisotopic (exact) mass is 1030 g/mol. The van der Waals surface area contributed by atoms with E-state index in [0.29, 0.717) is 38.5 Å². The Morgan fingerprint density at radius 2 is 1.01 bits per heavy atom. The summed E-state index contributed by atoms with van der Waals surface area (Å²) in [6.45, 7) is 2.86. The summed E-state index contributed by atoms with van der Waals surface area (Å²) in [4.78, 5) is 54.3. The summed E-state index contributed by atoms with van der Waals surface area (Å²) in [6, 6.07) is 0. The van der Waals surface area contributed by atoms with Gasteiger partial charge in [0.15, 0.2) is 6.10 Å². The number of carbonyl (C=O) groups excluding carboxylic acids is 2. The van der Waals surface area contributed by atoms with Gasteiger partial charge in [-0.05, 0) is 83.5 Å². The Morgan fingerprint density at radius 1 is 0.529 bits per heavy atom. The van der Waals surface area contributed by atoms with Gasteiger partial charge in [0.2, 0.25) is 0 Å². The number of aliphatic hydroxyl groups is 5. The van der Waals surface area contributed by atoms with Gasteiger partial charge in [-0.1, -0.05) is 149 Å². The first-order chi connectivity index (χ1) is 33.5. The molecule has 70 heavy (non-hydrogen) atoms. The van der Waals surface area contributed by atoms with Crippen molar-refractivity contribution < 1.29 is 82.0 Å². The van der Waals surface area contributed by atoms with Gasteiger partial charge in [-0.25, -0.2) is 9.13 Å². The van der Waals surface area contributed by atoms with E-state index in [1.165, 1.54) is 32.1 Å². The standard InChI is InChI=1S/C51H82O17P2/c1-3-5-7-9-11-12-13-14-15-16-17-18-19-20-21-22-26-30-34-38-44(53)64-40-43(41-65-70(62,63)68-51-48(57)46(55)47(56)50(49(51)58)67-69(59,60)61)66-45(54)39-35-31-27-24-23-25-29-33-37-42(52)36-32-28-10-8-6-4-2/h11-12,14-15,17-18,20-21,24-30,32-33,37,42-43,46-52,55-58H,3-10,13,16,19,22-23,31,34-36,38-41H2,1-2H3,(H,62,63)(H2,59,60,61)/b12-11-,15-14-,18-17-,21-20-,27-24-,29-25-,30-26-,32-28-,37-33+/t42-,43+,46?,47?,48?,49?,50+,51-/m0/s1. The van der Waals surface area contributed by atoms with E-state index >= 15 is 0 Å².